The second kappa shape index (κ2) is 8.78. The van der Waals surface area contributed by atoms with Gasteiger partial charge in [0.25, 0.3) is 5.91 Å². The van der Waals surface area contributed by atoms with Gasteiger partial charge < -0.3 is 20.1 Å². The quantitative estimate of drug-likeness (QED) is 0.778. The van der Waals surface area contributed by atoms with Crippen molar-refractivity contribution in [2.75, 3.05) is 19.5 Å². The Bertz CT molecular complexity index is 810. The van der Waals surface area contributed by atoms with Crippen LogP contribution in [0.2, 0.25) is 10.0 Å². The van der Waals surface area contributed by atoms with Gasteiger partial charge in [-0.15, -0.1) is 0 Å². The number of methoxy groups -OCH3 is 2. The Hall–Kier alpha value is -2.44. The summed E-state index contributed by atoms with van der Waals surface area (Å²) in [6, 6.07) is 8.66. The van der Waals surface area contributed by atoms with E-state index in [0.717, 1.165) is 0 Å². The largest absolute Gasteiger partial charge is 0.495 e. The molecule has 0 spiro atoms. The van der Waals surface area contributed by atoms with Gasteiger partial charge in [0.2, 0.25) is 5.91 Å². The zero-order valence-electron chi connectivity index (χ0n) is 14.4. The molecular formula is C18H18Cl2N2O4. The van der Waals surface area contributed by atoms with E-state index in [1.165, 1.54) is 20.3 Å². The number of hydrogen-bond donors (Lipinski definition) is 2. The molecule has 26 heavy (non-hydrogen) atoms. The molecule has 0 aliphatic heterocycles. The fourth-order valence-corrected chi connectivity index (χ4v) is 2.50. The van der Waals surface area contributed by atoms with Crippen LogP contribution in [0.4, 0.5) is 5.69 Å². The summed E-state index contributed by atoms with van der Waals surface area (Å²) in [6.45, 7) is 1.57. The zero-order chi connectivity index (χ0) is 19.3. The molecule has 2 rings (SSSR count). The van der Waals surface area contributed by atoms with Crippen LogP contribution in [0.3, 0.4) is 0 Å². The maximum absolute atomic E-state index is 12.4. The second-order valence-corrected chi connectivity index (χ2v) is 6.22. The lowest BCUT2D eigenvalue weighted by Gasteiger charge is -2.17. The van der Waals surface area contributed by atoms with E-state index in [1.54, 1.807) is 37.3 Å². The summed E-state index contributed by atoms with van der Waals surface area (Å²) in [6.07, 6.45) is 0. The molecule has 138 valence electrons. The highest BCUT2D eigenvalue weighted by Gasteiger charge is 2.19. The molecule has 6 nitrogen and oxygen atoms in total. The number of nitrogens with one attached hydrogen (secondary N) is 2. The number of halogens is 2. The summed E-state index contributed by atoms with van der Waals surface area (Å²) in [7, 11) is 2.92. The molecular weight excluding hydrogens is 379 g/mol. The minimum atomic E-state index is -0.787. The van der Waals surface area contributed by atoms with Crippen LogP contribution < -0.4 is 20.1 Å². The Balaban J connectivity index is 2.09. The third-order valence-corrected chi connectivity index (χ3v) is 4.13. The smallest absolute Gasteiger partial charge is 0.251 e. The van der Waals surface area contributed by atoms with E-state index in [9.17, 15) is 9.59 Å². The molecule has 8 heteroatoms. The lowest BCUT2D eigenvalue weighted by molar-refractivity contribution is -0.117. The Morgan fingerprint density at radius 3 is 2.19 bits per heavy atom. The molecule has 0 fully saturated rings. The number of anilines is 1. The Labute approximate surface area is 161 Å². The van der Waals surface area contributed by atoms with Crippen LogP contribution in [0.5, 0.6) is 11.5 Å². The summed E-state index contributed by atoms with van der Waals surface area (Å²) < 4.78 is 10.4. The lowest BCUT2D eigenvalue weighted by atomic mass is 10.2. The molecule has 0 saturated heterocycles. The van der Waals surface area contributed by atoms with Crippen molar-refractivity contribution in [3.8, 4) is 11.5 Å². The Morgan fingerprint density at radius 2 is 1.62 bits per heavy atom. The molecule has 0 aliphatic rings. The number of carbonyl (C=O) groups excluding carboxylic acids is 2. The van der Waals surface area contributed by atoms with Crippen LogP contribution >= 0.6 is 23.2 Å². The van der Waals surface area contributed by atoms with Gasteiger partial charge in [-0.3, -0.25) is 9.59 Å². The number of carbonyl (C=O) groups is 2. The Morgan fingerprint density at radius 1 is 1.00 bits per heavy atom. The van der Waals surface area contributed by atoms with Crippen molar-refractivity contribution in [1.82, 2.24) is 5.32 Å². The van der Waals surface area contributed by atoms with Crippen LogP contribution in [0.15, 0.2) is 36.4 Å². The first kappa shape index (κ1) is 19.9. The monoisotopic (exact) mass is 396 g/mol. The van der Waals surface area contributed by atoms with Gasteiger partial charge in [0, 0.05) is 22.7 Å². The highest BCUT2D eigenvalue weighted by atomic mass is 35.5. The van der Waals surface area contributed by atoms with Crippen LogP contribution in [0.25, 0.3) is 0 Å². The third-order valence-electron chi connectivity index (χ3n) is 3.58. The predicted molar refractivity (Wildman–Crippen MR) is 102 cm³/mol. The zero-order valence-corrected chi connectivity index (χ0v) is 15.9. The molecule has 0 aromatic heterocycles. The average Bonchev–Trinajstić information content (AvgIpc) is 2.63. The highest BCUT2D eigenvalue weighted by Crippen LogP contribution is 2.35. The molecule has 1 unspecified atom stereocenters. The van der Waals surface area contributed by atoms with Gasteiger partial charge in [-0.25, -0.2) is 0 Å². The maximum Gasteiger partial charge on any atom is 0.251 e. The first-order valence-corrected chi connectivity index (χ1v) is 8.40. The number of ether oxygens (including phenoxy) is 2. The van der Waals surface area contributed by atoms with Gasteiger partial charge in [0.1, 0.15) is 17.5 Å². The summed E-state index contributed by atoms with van der Waals surface area (Å²) >= 11 is 11.8. The fourth-order valence-electron chi connectivity index (χ4n) is 2.15. The van der Waals surface area contributed by atoms with Crippen molar-refractivity contribution in [3.63, 3.8) is 0 Å². The minimum absolute atomic E-state index is 0.353. The SMILES string of the molecule is COc1cc(NC(=O)C(C)NC(=O)c2ccc(Cl)cc2)c(OC)cc1Cl. The Kier molecular flexibility index (Phi) is 6.71. The molecule has 2 amide bonds. The molecule has 0 aliphatic carbocycles. The van der Waals surface area contributed by atoms with E-state index < -0.39 is 11.9 Å². The molecule has 2 aromatic rings. The third kappa shape index (κ3) is 4.80. The van der Waals surface area contributed by atoms with Crippen molar-refractivity contribution in [2.45, 2.75) is 13.0 Å². The van der Waals surface area contributed by atoms with E-state index in [1.807, 2.05) is 0 Å². The highest BCUT2D eigenvalue weighted by molar-refractivity contribution is 6.32. The average molecular weight is 397 g/mol. The molecule has 0 heterocycles. The van der Waals surface area contributed by atoms with E-state index in [-0.39, 0.29) is 5.91 Å². The number of benzene rings is 2. The summed E-state index contributed by atoms with van der Waals surface area (Å²) in [5, 5.41) is 6.19. The molecule has 0 bridgehead atoms. The number of hydrogen-bond acceptors (Lipinski definition) is 4. The molecule has 2 N–H and O–H groups in total. The van der Waals surface area contributed by atoms with E-state index in [2.05, 4.69) is 10.6 Å². The van der Waals surface area contributed by atoms with Crippen LogP contribution in [0, 0.1) is 0 Å². The summed E-state index contributed by atoms with van der Waals surface area (Å²) in [4.78, 5) is 24.6. The fraction of sp³-hybridized carbons (Fsp3) is 0.222. The van der Waals surface area contributed by atoms with Crippen molar-refractivity contribution < 1.29 is 19.1 Å². The van der Waals surface area contributed by atoms with Crippen molar-refractivity contribution in [1.29, 1.82) is 0 Å². The van der Waals surface area contributed by atoms with Gasteiger partial charge in [0.05, 0.1) is 24.9 Å². The normalized spacial score (nSPS) is 11.4. The van der Waals surface area contributed by atoms with E-state index in [0.29, 0.717) is 32.8 Å². The van der Waals surface area contributed by atoms with E-state index >= 15 is 0 Å². The predicted octanol–water partition coefficient (Wildman–Crippen LogP) is 3.77. The van der Waals surface area contributed by atoms with Gasteiger partial charge in [-0.05, 0) is 31.2 Å². The van der Waals surface area contributed by atoms with Gasteiger partial charge in [0.15, 0.2) is 0 Å². The lowest BCUT2D eigenvalue weighted by Crippen LogP contribution is -2.41. The van der Waals surface area contributed by atoms with Crippen molar-refractivity contribution in [3.05, 3.63) is 52.0 Å². The molecule has 0 radical (unpaired) electrons. The van der Waals surface area contributed by atoms with Gasteiger partial charge in [-0.2, -0.15) is 0 Å². The maximum atomic E-state index is 12.4. The van der Waals surface area contributed by atoms with Crippen LogP contribution in [-0.4, -0.2) is 32.1 Å². The standard InChI is InChI=1S/C18H18Cl2N2O4/c1-10(21-18(24)11-4-6-12(19)7-5-11)17(23)22-14-9-15(25-2)13(20)8-16(14)26-3/h4-10H,1-3H3,(H,21,24)(H,22,23). The first-order valence-electron chi connectivity index (χ1n) is 7.64. The topological polar surface area (TPSA) is 76.7 Å². The molecule has 0 saturated carbocycles. The van der Waals surface area contributed by atoms with Gasteiger partial charge in [-0.1, -0.05) is 23.2 Å². The van der Waals surface area contributed by atoms with Gasteiger partial charge >= 0.3 is 0 Å². The molecule has 1 atom stereocenters. The van der Waals surface area contributed by atoms with Crippen molar-refractivity contribution in [2.24, 2.45) is 0 Å². The number of rotatable bonds is 6. The second-order valence-electron chi connectivity index (χ2n) is 5.38. The summed E-state index contributed by atoms with van der Waals surface area (Å²) in [5.74, 6) is -0.0408. The molecule has 2 aromatic carbocycles. The minimum Gasteiger partial charge on any atom is -0.495 e. The first-order chi connectivity index (χ1) is 12.3. The van der Waals surface area contributed by atoms with Crippen molar-refractivity contribution >= 4 is 40.7 Å². The summed E-state index contributed by atoms with van der Waals surface area (Å²) in [5.41, 5.74) is 0.783. The number of amides is 2. The van der Waals surface area contributed by atoms with E-state index in [4.69, 9.17) is 32.7 Å². The van der Waals surface area contributed by atoms with Crippen LogP contribution in [-0.2, 0) is 4.79 Å². The van der Waals surface area contributed by atoms with Crippen LogP contribution in [0.1, 0.15) is 17.3 Å².